The Bertz CT molecular complexity index is 950. The van der Waals surface area contributed by atoms with Crippen LogP contribution in [0.15, 0.2) is 66.7 Å². The molecule has 27 heavy (non-hydrogen) atoms. The van der Waals surface area contributed by atoms with Crippen molar-refractivity contribution < 1.29 is 9.18 Å². The summed E-state index contributed by atoms with van der Waals surface area (Å²) in [6.45, 7) is 2.37. The van der Waals surface area contributed by atoms with E-state index in [-0.39, 0.29) is 17.8 Å². The van der Waals surface area contributed by atoms with Gasteiger partial charge in [-0.1, -0.05) is 42.5 Å². The molecule has 0 unspecified atom stereocenters. The van der Waals surface area contributed by atoms with E-state index in [9.17, 15) is 9.18 Å². The van der Waals surface area contributed by atoms with Crippen molar-refractivity contribution in [2.45, 2.75) is 32.4 Å². The summed E-state index contributed by atoms with van der Waals surface area (Å²) in [5, 5.41) is 0. The number of nitrogens with zero attached hydrogens (tertiary/aromatic N) is 2. The molecular formula is C23H21FN2O. The van der Waals surface area contributed by atoms with Gasteiger partial charge in [-0.2, -0.15) is 0 Å². The fourth-order valence-corrected chi connectivity index (χ4v) is 3.25. The SMILES string of the molecule is Cc1nc(-c2ccccc2)ccc1C(=O)N(Cc1ccc(F)cc1)C1CC1. The molecule has 0 radical (unpaired) electrons. The number of rotatable bonds is 5. The van der Waals surface area contributed by atoms with Gasteiger partial charge >= 0.3 is 0 Å². The van der Waals surface area contributed by atoms with Gasteiger partial charge in [0.05, 0.1) is 17.0 Å². The highest BCUT2D eigenvalue weighted by Crippen LogP contribution is 2.30. The van der Waals surface area contributed by atoms with Gasteiger partial charge in [-0.3, -0.25) is 9.78 Å². The topological polar surface area (TPSA) is 33.2 Å². The summed E-state index contributed by atoms with van der Waals surface area (Å²) < 4.78 is 13.2. The van der Waals surface area contributed by atoms with Gasteiger partial charge in [0.25, 0.3) is 5.91 Å². The Kier molecular flexibility index (Phi) is 4.71. The molecule has 0 saturated heterocycles. The summed E-state index contributed by atoms with van der Waals surface area (Å²) in [4.78, 5) is 19.7. The highest BCUT2D eigenvalue weighted by atomic mass is 19.1. The number of pyridine rings is 1. The summed E-state index contributed by atoms with van der Waals surface area (Å²) in [5.74, 6) is -0.272. The summed E-state index contributed by atoms with van der Waals surface area (Å²) in [6, 6.07) is 20.3. The maximum Gasteiger partial charge on any atom is 0.256 e. The van der Waals surface area contributed by atoms with E-state index in [0.717, 1.165) is 35.4 Å². The molecule has 1 aliphatic rings. The zero-order chi connectivity index (χ0) is 18.8. The number of aryl methyl sites for hydroxylation is 1. The fourth-order valence-electron chi connectivity index (χ4n) is 3.25. The molecule has 0 bridgehead atoms. The Balaban J connectivity index is 1.59. The van der Waals surface area contributed by atoms with Crippen molar-refractivity contribution in [3.63, 3.8) is 0 Å². The molecule has 1 aromatic heterocycles. The van der Waals surface area contributed by atoms with Gasteiger partial charge < -0.3 is 4.90 Å². The Hall–Kier alpha value is -3.01. The van der Waals surface area contributed by atoms with Gasteiger partial charge in [-0.05, 0) is 49.6 Å². The molecule has 3 aromatic rings. The summed E-state index contributed by atoms with van der Waals surface area (Å²) in [7, 11) is 0. The molecule has 0 spiro atoms. The van der Waals surface area contributed by atoms with Crippen LogP contribution in [0, 0.1) is 12.7 Å². The number of carbonyl (C=O) groups is 1. The average molecular weight is 360 g/mol. The molecule has 1 amide bonds. The third kappa shape index (κ3) is 3.90. The molecule has 1 aliphatic carbocycles. The number of halogens is 1. The van der Waals surface area contributed by atoms with Crippen LogP contribution in [0.3, 0.4) is 0 Å². The summed E-state index contributed by atoms with van der Waals surface area (Å²) in [6.07, 6.45) is 2.03. The van der Waals surface area contributed by atoms with Crippen LogP contribution in [0.4, 0.5) is 4.39 Å². The highest BCUT2D eigenvalue weighted by molar-refractivity contribution is 5.96. The number of hydrogen-bond donors (Lipinski definition) is 0. The molecule has 4 heteroatoms. The molecular weight excluding hydrogens is 339 g/mol. The third-order valence-corrected chi connectivity index (χ3v) is 4.90. The van der Waals surface area contributed by atoms with E-state index in [0.29, 0.717) is 12.1 Å². The van der Waals surface area contributed by atoms with Crippen LogP contribution in [0.25, 0.3) is 11.3 Å². The van der Waals surface area contributed by atoms with E-state index in [4.69, 9.17) is 0 Å². The van der Waals surface area contributed by atoms with E-state index in [1.165, 1.54) is 12.1 Å². The molecule has 2 aromatic carbocycles. The van der Waals surface area contributed by atoms with Gasteiger partial charge in [-0.25, -0.2) is 4.39 Å². The van der Waals surface area contributed by atoms with Gasteiger partial charge in [0.15, 0.2) is 0 Å². The molecule has 0 atom stereocenters. The Labute approximate surface area is 158 Å². The predicted octanol–water partition coefficient (Wildman–Crippen LogP) is 5.00. The lowest BCUT2D eigenvalue weighted by molar-refractivity contribution is 0.0728. The molecule has 3 nitrogen and oxygen atoms in total. The second-order valence-electron chi connectivity index (χ2n) is 6.99. The van der Waals surface area contributed by atoms with Crippen LogP contribution in [0.1, 0.15) is 34.5 Å². The maximum atomic E-state index is 13.2. The zero-order valence-corrected chi connectivity index (χ0v) is 15.2. The van der Waals surface area contributed by atoms with E-state index >= 15 is 0 Å². The molecule has 1 saturated carbocycles. The van der Waals surface area contributed by atoms with Gasteiger partial charge in [-0.15, -0.1) is 0 Å². The van der Waals surface area contributed by atoms with E-state index < -0.39 is 0 Å². The van der Waals surface area contributed by atoms with Gasteiger partial charge in [0, 0.05) is 18.2 Å². The lowest BCUT2D eigenvalue weighted by atomic mass is 10.1. The van der Waals surface area contributed by atoms with E-state index in [1.807, 2.05) is 54.3 Å². The first-order valence-electron chi connectivity index (χ1n) is 9.20. The lowest BCUT2D eigenvalue weighted by Gasteiger charge is -2.23. The Morgan fingerprint density at radius 3 is 2.37 bits per heavy atom. The normalized spacial score (nSPS) is 13.4. The Morgan fingerprint density at radius 2 is 1.74 bits per heavy atom. The minimum Gasteiger partial charge on any atom is -0.331 e. The van der Waals surface area contributed by atoms with Crippen molar-refractivity contribution in [2.75, 3.05) is 0 Å². The van der Waals surface area contributed by atoms with Crippen molar-refractivity contribution in [2.24, 2.45) is 0 Å². The molecule has 0 N–H and O–H groups in total. The first-order valence-corrected chi connectivity index (χ1v) is 9.20. The van der Waals surface area contributed by atoms with Crippen molar-refractivity contribution in [3.8, 4) is 11.3 Å². The first kappa shape index (κ1) is 17.4. The number of carbonyl (C=O) groups excluding carboxylic acids is 1. The first-order chi connectivity index (χ1) is 13.1. The summed E-state index contributed by atoms with van der Waals surface area (Å²) >= 11 is 0. The smallest absolute Gasteiger partial charge is 0.256 e. The molecule has 1 fully saturated rings. The van der Waals surface area contributed by atoms with E-state index in [1.54, 1.807) is 12.1 Å². The van der Waals surface area contributed by atoms with Crippen LogP contribution in [-0.4, -0.2) is 21.8 Å². The van der Waals surface area contributed by atoms with Crippen LogP contribution < -0.4 is 0 Å². The number of hydrogen-bond acceptors (Lipinski definition) is 2. The number of benzene rings is 2. The molecule has 0 aliphatic heterocycles. The second-order valence-corrected chi connectivity index (χ2v) is 6.99. The molecule has 1 heterocycles. The zero-order valence-electron chi connectivity index (χ0n) is 15.2. The van der Waals surface area contributed by atoms with Crippen LogP contribution >= 0.6 is 0 Å². The van der Waals surface area contributed by atoms with Crippen molar-refractivity contribution in [3.05, 3.63) is 89.4 Å². The average Bonchev–Trinajstić information content (AvgIpc) is 3.53. The fraction of sp³-hybridized carbons (Fsp3) is 0.217. The predicted molar refractivity (Wildman–Crippen MR) is 104 cm³/mol. The minimum atomic E-state index is -0.264. The highest BCUT2D eigenvalue weighted by Gasteiger charge is 2.33. The second kappa shape index (κ2) is 7.31. The summed E-state index contributed by atoms with van der Waals surface area (Å²) in [5.41, 5.74) is 4.18. The van der Waals surface area contributed by atoms with Crippen LogP contribution in [0.2, 0.25) is 0 Å². The van der Waals surface area contributed by atoms with Crippen LogP contribution in [-0.2, 0) is 6.54 Å². The van der Waals surface area contributed by atoms with E-state index in [2.05, 4.69) is 4.98 Å². The standard InChI is InChI=1S/C23H21FN2O/c1-16-21(13-14-22(25-16)18-5-3-2-4-6-18)23(27)26(20-11-12-20)15-17-7-9-19(24)10-8-17/h2-10,13-14,20H,11-12,15H2,1H3. The van der Waals surface area contributed by atoms with Gasteiger partial charge in [0.1, 0.15) is 5.82 Å². The Morgan fingerprint density at radius 1 is 1.04 bits per heavy atom. The maximum absolute atomic E-state index is 13.2. The lowest BCUT2D eigenvalue weighted by Crippen LogP contribution is -2.33. The number of amides is 1. The van der Waals surface area contributed by atoms with Crippen molar-refractivity contribution >= 4 is 5.91 Å². The third-order valence-electron chi connectivity index (χ3n) is 4.90. The quantitative estimate of drug-likeness (QED) is 0.641. The van der Waals surface area contributed by atoms with Crippen molar-refractivity contribution in [1.82, 2.24) is 9.88 Å². The number of aromatic nitrogens is 1. The largest absolute Gasteiger partial charge is 0.331 e. The minimum absolute atomic E-state index is 0.00793. The van der Waals surface area contributed by atoms with Gasteiger partial charge in [0.2, 0.25) is 0 Å². The molecule has 136 valence electrons. The van der Waals surface area contributed by atoms with Crippen molar-refractivity contribution in [1.29, 1.82) is 0 Å². The van der Waals surface area contributed by atoms with Crippen LogP contribution in [0.5, 0.6) is 0 Å². The molecule has 4 rings (SSSR count). The monoisotopic (exact) mass is 360 g/mol.